The summed E-state index contributed by atoms with van der Waals surface area (Å²) in [5, 5.41) is 4.16. The van der Waals surface area contributed by atoms with Crippen LogP contribution in [0.3, 0.4) is 0 Å². The van der Waals surface area contributed by atoms with E-state index in [1.807, 2.05) is 6.08 Å². The van der Waals surface area contributed by atoms with Crippen molar-refractivity contribution in [3.05, 3.63) is 104 Å². The summed E-state index contributed by atoms with van der Waals surface area (Å²) >= 11 is 0. The van der Waals surface area contributed by atoms with Gasteiger partial charge in [-0.25, -0.2) is 0 Å². The molecule has 0 saturated carbocycles. The second-order valence-corrected chi connectivity index (χ2v) is 10.6. The Labute approximate surface area is 163 Å². The second-order valence-electron chi connectivity index (χ2n) is 7.03. The molecule has 2 atom stereocenters. The zero-order valence-electron chi connectivity index (χ0n) is 15.6. The number of ether oxygens (including phenoxy) is 1. The van der Waals surface area contributed by atoms with Crippen LogP contribution in [-0.2, 0) is 4.74 Å². The molecule has 1 nitrogen and oxygen atoms in total. The van der Waals surface area contributed by atoms with Crippen LogP contribution < -0.4 is 15.9 Å². The largest absolute Gasteiger partial charge is 0.335 e. The molecule has 0 aromatic heterocycles. The summed E-state index contributed by atoms with van der Waals surface area (Å²) in [6.07, 6.45) is 5.44. The maximum atomic E-state index is 6.70. The monoisotopic (exact) mass is 373 g/mol. The fraction of sp³-hybridized carbons (Fsp3) is 0.200. The minimum atomic E-state index is -1.95. The standard InChI is InChI=1S/C25H26OP/c1-2-21-13-12-20-25(26-21)27(22-14-6-3-7-15-22,23-16-8-4-9-17-23)24-18-10-5-11-19-24/h2-11,14-19,21,25H,1,12-13,20H2/q+1. The predicted octanol–water partition coefficient (Wildman–Crippen LogP) is 5.06. The molecule has 0 bridgehead atoms. The van der Waals surface area contributed by atoms with Crippen molar-refractivity contribution in [3.8, 4) is 0 Å². The van der Waals surface area contributed by atoms with Crippen molar-refractivity contribution in [2.75, 3.05) is 0 Å². The third-order valence-electron chi connectivity index (χ3n) is 5.46. The van der Waals surface area contributed by atoms with E-state index < -0.39 is 7.26 Å². The quantitative estimate of drug-likeness (QED) is 0.449. The van der Waals surface area contributed by atoms with Gasteiger partial charge in [-0.3, -0.25) is 0 Å². The first-order valence-electron chi connectivity index (χ1n) is 9.69. The highest BCUT2D eigenvalue weighted by atomic mass is 31.2. The number of rotatable bonds is 5. The smallest absolute Gasteiger partial charge is 0.181 e. The van der Waals surface area contributed by atoms with Gasteiger partial charge in [0.25, 0.3) is 0 Å². The molecule has 1 aliphatic rings. The number of hydrogen-bond donors (Lipinski definition) is 0. The van der Waals surface area contributed by atoms with Gasteiger partial charge in [0, 0.05) is 6.42 Å². The van der Waals surface area contributed by atoms with Gasteiger partial charge in [-0.15, -0.1) is 6.58 Å². The summed E-state index contributed by atoms with van der Waals surface area (Å²) in [6, 6.07) is 33.0. The predicted molar refractivity (Wildman–Crippen MR) is 118 cm³/mol. The van der Waals surface area contributed by atoms with Gasteiger partial charge in [0.05, 0.1) is 6.10 Å². The van der Waals surface area contributed by atoms with Crippen LogP contribution in [0.5, 0.6) is 0 Å². The van der Waals surface area contributed by atoms with Gasteiger partial charge >= 0.3 is 0 Å². The minimum Gasteiger partial charge on any atom is -0.335 e. The SMILES string of the molecule is C=CC1CCCC([P+](c2ccccc2)(c2ccccc2)c2ccccc2)O1. The third-order valence-corrected chi connectivity index (χ3v) is 10.0. The highest BCUT2D eigenvalue weighted by molar-refractivity contribution is 7.96. The first-order chi connectivity index (χ1) is 13.4. The zero-order chi connectivity index (χ0) is 18.5. The van der Waals surface area contributed by atoms with E-state index in [4.69, 9.17) is 4.74 Å². The van der Waals surface area contributed by atoms with Gasteiger partial charge in [0.15, 0.2) is 5.85 Å². The topological polar surface area (TPSA) is 9.23 Å². The van der Waals surface area contributed by atoms with E-state index >= 15 is 0 Å². The van der Waals surface area contributed by atoms with E-state index in [0.29, 0.717) is 0 Å². The summed E-state index contributed by atoms with van der Waals surface area (Å²) < 4.78 is 6.70. The molecule has 0 amide bonds. The van der Waals surface area contributed by atoms with E-state index in [-0.39, 0.29) is 11.9 Å². The average Bonchev–Trinajstić information content (AvgIpc) is 2.77. The first-order valence-corrected chi connectivity index (χ1v) is 11.5. The van der Waals surface area contributed by atoms with Crippen molar-refractivity contribution in [2.24, 2.45) is 0 Å². The van der Waals surface area contributed by atoms with Crippen molar-refractivity contribution in [3.63, 3.8) is 0 Å². The lowest BCUT2D eigenvalue weighted by atomic mass is 10.1. The Morgan fingerprint density at radius 3 is 1.56 bits per heavy atom. The first kappa shape index (κ1) is 18.2. The molecule has 3 aromatic rings. The molecular weight excluding hydrogens is 347 g/mol. The van der Waals surface area contributed by atoms with Gasteiger partial charge in [0.1, 0.15) is 23.2 Å². The van der Waals surface area contributed by atoms with Crippen LogP contribution >= 0.6 is 7.26 Å². The Bertz CT molecular complexity index is 764. The molecule has 0 radical (unpaired) electrons. The molecule has 0 N–H and O–H groups in total. The molecular formula is C25H26OP+. The molecule has 4 rings (SSSR count). The Hall–Kier alpha value is -2.21. The van der Waals surface area contributed by atoms with Crippen LogP contribution in [0.2, 0.25) is 0 Å². The summed E-state index contributed by atoms with van der Waals surface area (Å²) in [6.45, 7) is 4.01. The fourth-order valence-electron chi connectivity index (χ4n) is 4.23. The molecule has 3 aromatic carbocycles. The van der Waals surface area contributed by atoms with Crippen LogP contribution in [0.1, 0.15) is 19.3 Å². The Morgan fingerprint density at radius 1 is 0.704 bits per heavy atom. The van der Waals surface area contributed by atoms with E-state index in [2.05, 4.69) is 97.6 Å². The average molecular weight is 373 g/mol. The number of benzene rings is 3. The van der Waals surface area contributed by atoms with Crippen LogP contribution in [0.4, 0.5) is 0 Å². The summed E-state index contributed by atoms with van der Waals surface area (Å²) in [5.74, 6) is 0.168. The summed E-state index contributed by atoms with van der Waals surface area (Å²) in [4.78, 5) is 0. The van der Waals surface area contributed by atoms with E-state index in [1.54, 1.807) is 0 Å². The van der Waals surface area contributed by atoms with Crippen LogP contribution in [0.25, 0.3) is 0 Å². The summed E-state index contributed by atoms with van der Waals surface area (Å²) in [5.41, 5.74) is 0. The van der Waals surface area contributed by atoms with Crippen LogP contribution in [0.15, 0.2) is 104 Å². The van der Waals surface area contributed by atoms with Gasteiger partial charge in [0.2, 0.25) is 0 Å². The van der Waals surface area contributed by atoms with Gasteiger partial charge < -0.3 is 4.74 Å². The second kappa shape index (κ2) is 8.21. The molecule has 0 aliphatic carbocycles. The Morgan fingerprint density at radius 2 is 1.15 bits per heavy atom. The third kappa shape index (κ3) is 3.38. The summed E-state index contributed by atoms with van der Waals surface area (Å²) in [7, 11) is -1.95. The van der Waals surface area contributed by atoms with Crippen molar-refractivity contribution in [1.29, 1.82) is 0 Å². The van der Waals surface area contributed by atoms with Crippen LogP contribution in [0, 0.1) is 0 Å². The van der Waals surface area contributed by atoms with Crippen molar-refractivity contribution in [2.45, 2.75) is 31.2 Å². The van der Waals surface area contributed by atoms with E-state index in [0.717, 1.165) is 12.8 Å². The molecule has 1 saturated heterocycles. The Kier molecular flexibility index (Phi) is 5.53. The normalized spacial score (nSPS) is 20.1. The molecule has 136 valence electrons. The highest BCUT2D eigenvalue weighted by Gasteiger charge is 2.54. The lowest BCUT2D eigenvalue weighted by Crippen LogP contribution is -2.42. The van der Waals surface area contributed by atoms with Gasteiger partial charge in [-0.1, -0.05) is 60.7 Å². The van der Waals surface area contributed by atoms with Crippen LogP contribution in [-0.4, -0.2) is 11.9 Å². The maximum Gasteiger partial charge on any atom is 0.181 e. The molecule has 2 heteroatoms. The highest BCUT2D eigenvalue weighted by Crippen LogP contribution is 2.62. The van der Waals surface area contributed by atoms with Crippen molar-refractivity contribution >= 4 is 23.2 Å². The van der Waals surface area contributed by atoms with E-state index in [1.165, 1.54) is 22.3 Å². The minimum absolute atomic E-state index is 0.138. The van der Waals surface area contributed by atoms with E-state index in [9.17, 15) is 0 Å². The Balaban J connectivity index is 1.99. The molecule has 1 heterocycles. The molecule has 1 fully saturated rings. The lowest BCUT2D eigenvalue weighted by molar-refractivity contribution is 0.0219. The van der Waals surface area contributed by atoms with Crippen molar-refractivity contribution < 1.29 is 4.74 Å². The zero-order valence-corrected chi connectivity index (χ0v) is 16.5. The molecule has 1 aliphatic heterocycles. The fourth-order valence-corrected chi connectivity index (χ4v) is 8.95. The van der Waals surface area contributed by atoms with Gasteiger partial charge in [-0.05, 0) is 49.2 Å². The lowest BCUT2D eigenvalue weighted by Gasteiger charge is -2.38. The van der Waals surface area contributed by atoms with Gasteiger partial charge in [-0.2, -0.15) is 0 Å². The maximum absolute atomic E-state index is 6.70. The van der Waals surface area contributed by atoms with Crippen molar-refractivity contribution in [1.82, 2.24) is 0 Å². The molecule has 0 spiro atoms. The number of hydrogen-bond acceptors (Lipinski definition) is 1. The molecule has 2 unspecified atom stereocenters. The molecule has 27 heavy (non-hydrogen) atoms.